The van der Waals surface area contributed by atoms with E-state index in [0.29, 0.717) is 60.8 Å². The molecule has 5 aliphatic rings. The number of fused-ring (bicyclic) bond motifs is 2. The summed E-state index contributed by atoms with van der Waals surface area (Å²) in [4.78, 5) is 9.74. The topological polar surface area (TPSA) is 91.0 Å². The van der Waals surface area contributed by atoms with Crippen LogP contribution < -0.4 is 17.2 Å². The first kappa shape index (κ1) is 44.6. The average molecular weight is 644 g/mol. The highest BCUT2D eigenvalue weighted by Crippen LogP contribution is 2.37. The molecule has 4 saturated heterocycles. The van der Waals surface area contributed by atoms with Crippen LogP contribution in [0.2, 0.25) is 0 Å². The first-order chi connectivity index (χ1) is 20.1. The Morgan fingerprint density at radius 2 is 1.18 bits per heavy atom. The molecule has 0 amide bonds. The number of rotatable bonds is 4. The molecule has 8 heteroatoms. The lowest BCUT2D eigenvalue weighted by atomic mass is 9.98. The Kier molecular flexibility index (Phi) is 21.4. The molecule has 5 rings (SSSR count). The van der Waals surface area contributed by atoms with E-state index in [-0.39, 0.29) is 14.9 Å². The third-order valence-electron chi connectivity index (χ3n) is 10.6. The normalized spacial score (nSPS) is 34.3. The van der Waals surface area contributed by atoms with Crippen LogP contribution in [0.1, 0.15) is 129 Å². The highest BCUT2D eigenvalue weighted by molar-refractivity contribution is 5.02. The molecule has 1 saturated carbocycles. The van der Waals surface area contributed by atoms with Gasteiger partial charge in [0.15, 0.2) is 0 Å². The van der Waals surface area contributed by atoms with Crippen LogP contribution in [0.5, 0.6) is 0 Å². The Morgan fingerprint density at radius 3 is 1.56 bits per heavy atom. The van der Waals surface area contributed by atoms with Gasteiger partial charge in [-0.15, -0.1) is 0 Å². The van der Waals surface area contributed by atoms with Crippen molar-refractivity contribution < 1.29 is 4.39 Å². The van der Waals surface area contributed by atoms with Gasteiger partial charge in [0.2, 0.25) is 0 Å². The van der Waals surface area contributed by atoms with E-state index in [1.807, 2.05) is 0 Å². The van der Waals surface area contributed by atoms with Gasteiger partial charge in [-0.25, -0.2) is 4.39 Å². The molecule has 7 nitrogen and oxygen atoms in total. The fourth-order valence-electron chi connectivity index (χ4n) is 7.81. The fourth-order valence-corrected chi connectivity index (χ4v) is 7.81. The molecule has 1 aliphatic carbocycles. The number of likely N-dealkylation sites (tertiary alicyclic amines) is 4. The lowest BCUT2D eigenvalue weighted by Gasteiger charge is -2.39. The molecule has 0 spiro atoms. The first-order valence-electron chi connectivity index (χ1n) is 18.0. The van der Waals surface area contributed by atoms with E-state index in [4.69, 9.17) is 17.2 Å². The van der Waals surface area contributed by atoms with Gasteiger partial charge >= 0.3 is 0 Å². The van der Waals surface area contributed by atoms with Crippen molar-refractivity contribution in [2.75, 3.05) is 39.3 Å². The van der Waals surface area contributed by atoms with Crippen molar-refractivity contribution in [1.82, 2.24) is 19.6 Å². The first-order valence-corrected chi connectivity index (χ1v) is 18.0. The van der Waals surface area contributed by atoms with Gasteiger partial charge in [-0.05, 0) is 126 Å². The van der Waals surface area contributed by atoms with Crippen molar-refractivity contribution in [2.24, 2.45) is 29.0 Å². The third-order valence-corrected chi connectivity index (χ3v) is 10.6. The standard InChI is InChI=1S/C9H18FN.C9H18N2.C9H20N2.C8H18N2.2CH4/c1-7(2)11-5-8(3)4-9(10)6-11;1-6(2)11-5-7-3-4-8(11)9(7)10;1-7(2)11-6-9(10)5-4-8(11)3;1-7(2)10-5-3-4-8(9)6-10;;/h7-9H,4-6H2,1-3H3;6-9H,3-5,10H2,1-2H3;7-9H,4-6,10H2,1-3H3;7-8H,3-6,9H2,1-2H3;2*1H4/t8-,9-;7?,8?,9-;8-,9+;8-;;/m1101../s1. The van der Waals surface area contributed by atoms with Crippen molar-refractivity contribution in [3.05, 3.63) is 0 Å². The average Bonchev–Trinajstić information content (AvgIpc) is 3.45. The monoisotopic (exact) mass is 644 g/mol. The molecule has 6 N–H and O–H groups in total. The van der Waals surface area contributed by atoms with Crippen LogP contribution in [-0.2, 0) is 0 Å². The van der Waals surface area contributed by atoms with Crippen LogP contribution in [0, 0.1) is 11.8 Å². The van der Waals surface area contributed by atoms with Gasteiger partial charge in [-0.2, -0.15) is 0 Å². The zero-order chi connectivity index (χ0) is 32.4. The predicted molar refractivity (Wildman–Crippen MR) is 198 cm³/mol. The number of piperidine rings is 4. The molecule has 4 aliphatic heterocycles. The van der Waals surface area contributed by atoms with Crippen molar-refractivity contribution in [1.29, 1.82) is 0 Å². The van der Waals surface area contributed by atoms with Gasteiger partial charge in [0, 0.05) is 87.1 Å². The fraction of sp³-hybridized carbons (Fsp3) is 1.00. The summed E-state index contributed by atoms with van der Waals surface area (Å²) in [5, 5.41) is 0. The summed E-state index contributed by atoms with van der Waals surface area (Å²) < 4.78 is 13.0. The highest BCUT2D eigenvalue weighted by Gasteiger charge is 2.45. The lowest BCUT2D eigenvalue weighted by Crippen LogP contribution is -2.50. The SMILES string of the molecule is C.C.CC(C)N1CC2CCC1[C@@H]2N.CC(C)N1CCC[C@@H](N)C1.CC(C)N1C[C@H](C)C[C@@H](F)C1.CC(C)N1C[C@H](N)CC[C@@H]1C. The second-order valence-corrected chi connectivity index (χ2v) is 15.7. The van der Waals surface area contributed by atoms with E-state index in [9.17, 15) is 4.39 Å². The molecule has 272 valence electrons. The quantitative estimate of drug-likeness (QED) is 0.337. The summed E-state index contributed by atoms with van der Waals surface area (Å²) >= 11 is 0. The predicted octanol–water partition coefficient (Wildman–Crippen LogP) is 6.19. The minimum atomic E-state index is -0.596. The molecule has 2 bridgehead atoms. The number of nitrogens with two attached hydrogens (primary N) is 3. The van der Waals surface area contributed by atoms with E-state index in [2.05, 4.69) is 88.8 Å². The van der Waals surface area contributed by atoms with E-state index in [0.717, 1.165) is 38.0 Å². The van der Waals surface area contributed by atoms with Crippen molar-refractivity contribution in [3.63, 3.8) is 0 Å². The van der Waals surface area contributed by atoms with Gasteiger partial charge < -0.3 is 17.2 Å². The minimum absolute atomic E-state index is 0. The van der Waals surface area contributed by atoms with Gasteiger partial charge in [0.25, 0.3) is 0 Å². The lowest BCUT2D eigenvalue weighted by molar-refractivity contribution is 0.0798. The highest BCUT2D eigenvalue weighted by atomic mass is 19.1. The summed E-state index contributed by atoms with van der Waals surface area (Å²) in [6.45, 7) is 28.6. The summed E-state index contributed by atoms with van der Waals surface area (Å²) in [5.74, 6) is 1.34. The van der Waals surface area contributed by atoms with E-state index >= 15 is 0 Å². The Labute approximate surface area is 281 Å². The van der Waals surface area contributed by atoms with Crippen LogP contribution in [0.4, 0.5) is 4.39 Å². The second-order valence-electron chi connectivity index (χ2n) is 15.7. The van der Waals surface area contributed by atoms with Gasteiger partial charge in [0.05, 0.1) is 0 Å². The van der Waals surface area contributed by atoms with Crippen LogP contribution in [0.25, 0.3) is 0 Å². The summed E-state index contributed by atoms with van der Waals surface area (Å²) in [6, 6.07) is 5.27. The summed E-state index contributed by atoms with van der Waals surface area (Å²) in [5.41, 5.74) is 17.8. The van der Waals surface area contributed by atoms with Crippen LogP contribution in [-0.4, -0.2) is 119 Å². The van der Waals surface area contributed by atoms with Crippen LogP contribution >= 0.6 is 0 Å². The maximum Gasteiger partial charge on any atom is 0.113 e. The van der Waals surface area contributed by atoms with Crippen molar-refractivity contribution in [3.8, 4) is 0 Å². The number of hydrogen-bond acceptors (Lipinski definition) is 7. The Balaban J connectivity index is 0.000000566. The second kappa shape index (κ2) is 21.6. The number of alkyl halides is 1. The number of halogens is 1. The molecule has 5 fully saturated rings. The van der Waals surface area contributed by atoms with E-state index in [1.54, 1.807) is 0 Å². The molecular weight excluding hydrogens is 561 g/mol. The summed E-state index contributed by atoms with van der Waals surface area (Å²) in [7, 11) is 0. The largest absolute Gasteiger partial charge is 0.327 e. The summed E-state index contributed by atoms with van der Waals surface area (Å²) in [6.07, 6.45) is 7.82. The molecule has 0 aromatic heterocycles. The van der Waals surface area contributed by atoms with E-state index < -0.39 is 6.17 Å². The zero-order valence-electron chi connectivity index (χ0n) is 30.0. The van der Waals surface area contributed by atoms with E-state index in [1.165, 1.54) is 51.6 Å². The molecule has 8 atom stereocenters. The molecule has 4 heterocycles. The maximum absolute atomic E-state index is 13.0. The Hall–Kier alpha value is -0.350. The molecule has 45 heavy (non-hydrogen) atoms. The maximum atomic E-state index is 13.0. The van der Waals surface area contributed by atoms with Gasteiger partial charge in [-0.1, -0.05) is 21.8 Å². The molecule has 0 aromatic carbocycles. The van der Waals surface area contributed by atoms with Gasteiger partial charge in [-0.3, -0.25) is 19.6 Å². The zero-order valence-corrected chi connectivity index (χ0v) is 30.0. The Morgan fingerprint density at radius 1 is 0.600 bits per heavy atom. The third kappa shape index (κ3) is 14.7. The van der Waals surface area contributed by atoms with Gasteiger partial charge in [0.1, 0.15) is 6.17 Å². The molecule has 2 unspecified atom stereocenters. The van der Waals surface area contributed by atoms with Crippen molar-refractivity contribution in [2.45, 2.75) is 190 Å². The molecular formula is C37H82FN7. The van der Waals surface area contributed by atoms with Crippen LogP contribution in [0.3, 0.4) is 0 Å². The van der Waals surface area contributed by atoms with Crippen molar-refractivity contribution >= 4 is 0 Å². The molecule has 0 radical (unpaired) electrons. The van der Waals surface area contributed by atoms with Crippen LogP contribution in [0.15, 0.2) is 0 Å². The minimum Gasteiger partial charge on any atom is -0.327 e. The number of hydrogen-bond donors (Lipinski definition) is 3. The number of nitrogens with zero attached hydrogens (tertiary/aromatic N) is 4. The molecule has 0 aromatic rings. The smallest absolute Gasteiger partial charge is 0.113 e. The Bertz CT molecular complexity index is 732.